The van der Waals surface area contributed by atoms with E-state index in [1.54, 1.807) is 24.5 Å². The Hall–Kier alpha value is -3.72. The molecule has 1 amide bonds. The maximum atomic E-state index is 13.1. The Balaban J connectivity index is 1.49. The zero-order valence-corrected chi connectivity index (χ0v) is 15.8. The molecule has 0 aliphatic rings. The highest BCUT2D eigenvalue weighted by Gasteiger charge is 2.11. The molecule has 1 N–H and O–H groups in total. The van der Waals surface area contributed by atoms with Crippen molar-refractivity contribution in [1.82, 2.24) is 19.7 Å². The van der Waals surface area contributed by atoms with Crippen LogP contribution in [0.5, 0.6) is 0 Å². The third kappa shape index (κ3) is 4.41. The summed E-state index contributed by atoms with van der Waals surface area (Å²) >= 11 is 1.28. The van der Waals surface area contributed by atoms with Gasteiger partial charge in [0, 0.05) is 35.0 Å². The second kappa shape index (κ2) is 8.11. The molecule has 0 atom stereocenters. The first kappa shape index (κ1) is 18.6. The SMILES string of the molecule is O=C(Cn1nc(-c2ccc(F)cc2)ccc1=O)Nc1nc(-c2ccncc2)cs1. The maximum absolute atomic E-state index is 13.1. The molecular weight excluding hydrogens is 393 g/mol. The van der Waals surface area contributed by atoms with Gasteiger partial charge >= 0.3 is 0 Å². The maximum Gasteiger partial charge on any atom is 0.267 e. The Morgan fingerprint density at radius 1 is 1.00 bits per heavy atom. The molecule has 0 aliphatic carbocycles. The summed E-state index contributed by atoms with van der Waals surface area (Å²) in [6, 6.07) is 12.2. The highest BCUT2D eigenvalue weighted by atomic mass is 32.1. The van der Waals surface area contributed by atoms with Gasteiger partial charge in [0.05, 0.1) is 11.4 Å². The number of nitrogens with one attached hydrogen (secondary N) is 1. The standard InChI is InChI=1S/C20H14FN5O2S/c21-15-3-1-13(2-4-15)16-5-6-19(28)26(25-16)11-18(27)24-20-23-17(12-29-20)14-7-9-22-10-8-14/h1-10,12H,11H2,(H,23,24,27). The Morgan fingerprint density at radius 2 is 1.72 bits per heavy atom. The van der Waals surface area contributed by atoms with Crippen LogP contribution in [0, 0.1) is 5.82 Å². The van der Waals surface area contributed by atoms with Gasteiger partial charge in [0.1, 0.15) is 12.4 Å². The smallest absolute Gasteiger partial charge is 0.267 e. The van der Waals surface area contributed by atoms with Gasteiger partial charge in [0.25, 0.3) is 5.56 Å². The first-order valence-electron chi connectivity index (χ1n) is 8.58. The van der Waals surface area contributed by atoms with Crippen molar-refractivity contribution in [3.05, 3.63) is 82.5 Å². The van der Waals surface area contributed by atoms with Crippen LogP contribution >= 0.6 is 11.3 Å². The van der Waals surface area contributed by atoms with Crippen molar-refractivity contribution in [2.24, 2.45) is 0 Å². The highest BCUT2D eigenvalue weighted by Crippen LogP contribution is 2.24. The molecule has 3 aromatic heterocycles. The van der Waals surface area contributed by atoms with Crippen molar-refractivity contribution < 1.29 is 9.18 Å². The van der Waals surface area contributed by atoms with E-state index in [0.29, 0.717) is 16.4 Å². The molecule has 9 heteroatoms. The summed E-state index contributed by atoms with van der Waals surface area (Å²) in [5, 5.41) is 9.13. The minimum atomic E-state index is -0.425. The Morgan fingerprint density at radius 3 is 2.48 bits per heavy atom. The number of carbonyl (C=O) groups excluding carboxylic acids is 1. The minimum absolute atomic E-state index is 0.266. The summed E-state index contributed by atoms with van der Waals surface area (Å²) < 4.78 is 14.2. The molecule has 1 aromatic carbocycles. The fraction of sp³-hybridized carbons (Fsp3) is 0.0500. The van der Waals surface area contributed by atoms with Crippen molar-refractivity contribution in [2.75, 3.05) is 5.32 Å². The second-order valence-corrected chi connectivity index (χ2v) is 6.90. The molecule has 7 nitrogen and oxygen atoms in total. The van der Waals surface area contributed by atoms with Gasteiger partial charge in [-0.25, -0.2) is 14.1 Å². The lowest BCUT2D eigenvalue weighted by molar-refractivity contribution is -0.117. The zero-order valence-electron chi connectivity index (χ0n) is 14.9. The van der Waals surface area contributed by atoms with E-state index < -0.39 is 11.5 Å². The molecule has 29 heavy (non-hydrogen) atoms. The lowest BCUT2D eigenvalue weighted by Gasteiger charge is -2.07. The molecule has 4 aromatic rings. The normalized spacial score (nSPS) is 10.7. The summed E-state index contributed by atoms with van der Waals surface area (Å²) in [5.74, 6) is -0.789. The molecule has 0 spiro atoms. The predicted molar refractivity (Wildman–Crippen MR) is 108 cm³/mol. The first-order valence-corrected chi connectivity index (χ1v) is 9.46. The van der Waals surface area contributed by atoms with Gasteiger partial charge < -0.3 is 5.32 Å². The molecule has 4 rings (SSSR count). The Bertz CT molecular complexity index is 1210. The minimum Gasteiger partial charge on any atom is -0.300 e. The van der Waals surface area contributed by atoms with Crippen LogP contribution in [0.25, 0.3) is 22.5 Å². The average molecular weight is 407 g/mol. The van der Waals surface area contributed by atoms with Crippen molar-refractivity contribution in [3.8, 4) is 22.5 Å². The number of hydrogen-bond donors (Lipinski definition) is 1. The summed E-state index contributed by atoms with van der Waals surface area (Å²) in [6.45, 7) is -0.266. The topological polar surface area (TPSA) is 89.8 Å². The molecule has 0 saturated carbocycles. The largest absolute Gasteiger partial charge is 0.300 e. The van der Waals surface area contributed by atoms with Gasteiger partial charge in [-0.1, -0.05) is 0 Å². The van der Waals surface area contributed by atoms with Gasteiger partial charge in [-0.3, -0.25) is 14.6 Å². The molecule has 0 aliphatic heterocycles. The number of anilines is 1. The third-order valence-electron chi connectivity index (χ3n) is 4.03. The van der Waals surface area contributed by atoms with E-state index in [2.05, 4.69) is 20.4 Å². The Labute approximate surface area is 168 Å². The number of thiazole rings is 1. The number of benzene rings is 1. The fourth-order valence-corrected chi connectivity index (χ4v) is 3.35. The number of hydrogen-bond acceptors (Lipinski definition) is 6. The molecule has 144 valence electrons. The molecular formula is C20H14FN5O2S. The summed E-state index contributed by atoms with van der Waals surface area (Å²) in [7, 11) is 0. The molecule has 0 fully saturated rings. The van der Waals surface area contributed by atoms with Gasteiger partial charge in [-0.05, 0) is 42.5 Å². The molecule has 0 bridgehead atoms. The van der Waals surface area contributed by atoms with Gasteiger partial charge in [0.2, 0.25) is 5.91 Å². The number of amides is 1. The van der Waals surface area contributed by atoms with Crippen molar-refractivity contribution in [3.63, 3.8) is 0 Å². The van der Waals surface area contributed by atoms with Crippen LogP contribution in [-0.2, 0) is 11.3 Å². The van der Waals surface area contributed by atoms with Crippen LogP contribution in [0.4, 0.5) is 9.52 Å². The monoisotopic (exact) mass is 407 g/mol. The van der Waals surface area contributed by atoms with E-state index in [9.17, 15) is 14.0 Å². The fourth-order valence-electron chi connectivity index (χ4n) is 2.62. The average Bonchev–Trinajstić information content (AvgIpc) is 3.19. The number of aromatic nitrogens is 4. The van der Waals surface area contributed by atoms with Crippen LogP contribution in [0.3, 0.4) is 0 Å². The van der Waals surface area contributed by atoms with E-state index in [-0.39, 0.29) is 12.4 Å². The highest BCUT2D eigenvalue weighted by molar-refractivity contribution is 7.14. The van der Waals surface area contributed by atoms with E-state index in [1.807, 2.05) is 17.5 Å². The van der Waals surface area contributed by atoms with Crippen molar-refractivity contribution in [1.29, 1.82) is 0 Å². The summed E-state index contributed by atoms with van der Waals surface area (Å²) in [4.78, 5) is 32.8. The molecule has 0 saturated heterocycles. The molecule has 0 unspecified atom stereocenters. The number of halogens is 1. The van der Waals surface area contributed by atoms with Crippen molar-refractivity contribution in [2.45, 2.75) is 6.54 Å². The van der Waals surface area contributed by atoms with E-state index in [1.165, 1.54) is 35.6 Å². The van der Waals surface area contributed by atoms with Crippen LogP contribution < -0.4 is 10.9 Å². The van der Waals surface area contributed by atoms with Gasteiger partial charge in [0.15, 0.2) is 5.13 Å². The summed E-state index contributed by atoms with van der Waals surface area (Å²) in [5.41, 5.74) is 2.31. The first-order chi connectivity index (χ1) is 14.1. The summed E-state index contributed by atoms with van der Waals surface area (Å²) in [6.07, 6.45) is 3.33. The molecule has 0 radical (unpaired) electrons. The number of nitrogens with zero attached hydrogens (tertiary/aromatic N) is 4. The predicted octanol–water partition coefficient (Wildman–Crippen LogP) is 3.21. The number of carbonyl (C=O) groups is 1. The Kier molecular flexibility index (Phi) is 5.21. The van der Waals surface area contributed by atoms with Crippen LogP contribution in [0.2, 0.25) is 0 Å². The second-order valence-electron chi connectivity index (χ2n) is 6.04. The lowest BCUT2D eigenvalue weighted by atomic mass is 10.1. The van der Waals surface area contributed by atoms with Gasteiger partial charge in [-0.15, -0.1) is 11.3 Å². The van der Waals surface area contributed by atoms with Gasteiger partial charge in [-0.2, -0.15) is 5.10 Å². The quantitative estimate of drug-likeness (QED) is 0.549. The number of rotatable bonds is 5. The molecule has 3 heterocycles. The van der Waals surface area contributed by atoms with E-state index in [4.69, 9.17) is 0 Å². The lowest BCUT2D eigenvalue weighted by Crippen LogP contribution is -2.29. The van der Waals surface area contributed by atoms with E-state index >= 15 is 0 Å². The van der Waals surface area contributed by atoms with Crippen LogP contribution in [0.1, 0.15) is 0 Å². The van der Waals surface area contributed by atoms with Crippen LogP contribution in [0.15, 0.2) is 71.1 Å². The van der Waals surface area contributed by atoms with E-state index in [0.717, 1.165) is 15.9 Å². The van der Waals surface area contributed by atoms with Crippen LogP contribution in [-0.4, -0.2) is 25.7 Å². The zero-order chi connectivity index (χ0) is 20.2. The van der Waals surface area contributed by atoms with Crippen molar-refractivity contribution >= 4 is 22.4 Å². The number of pyridine rings is 1. The third-order valence-corrected chi connectivity index (χ3v) is 4.78.